The highest BCUT2D eigenvalue weighted by Gasteiger charge is 2.13. The maximum absolute atomic E-state index is 5.48. The van der Waals surface area contributed by atoms with Crippen LogP contribution < -0.4 is 24.8 Å². The average Bonchev–Trinajstić information content (AvgIpc) is 3.19. The van der Waals surface area contributed by atoms with Crippen molar-refractivity contribution in [2.45, 2.75) is 13.0 Å². The van der Waals surface area contributed by atoms with Crippen LogP contribution in [0, 0.1) is 0 Å². The van der Waals surface area contributed by atoms with Crippen molar-refractivity contribution in [1.82, 2.24) is 15.2 Å². The van der Waals surface area contributed by atoms with Gasteiger partial charge in [-0.15, -0.1) is 0 Å². The fourth-order valence-electron chi connectivity index (χ4n) is 2.67. The van der Waals surface area contributed by atoms with Gasteiger partial charge >= 0.3 is 0 Å². The number of benzene rings is 1. The molecule has 0 aliphatic carbocycles. The molecule has 1 heterocycles. The number of hydrogen-bond acceptors (Lipinski definition) is 4. The van der Waals surface area contributed by atoms with Gasteiger partial charge in [0.05, 0.1) is 21.3 Å². The van der Waals surface area contributed by atoms with Gasteiger partial charge in [-0.3, -0.25) is 4.99 Å². The standard InChI is InChI=1S/C19H28N4O3/c1-20-19(22-9-12-23-10-5-6-11-23)21-8-7-16-17(25-3)13-15(24-2)14-18(16)26-4/h5-6,10-11,13-14H,7-9,12H2,1-4H3,(H2,20,21,22). The summed E-state index contributed by atoms with van der Waals surface area (Å²) >= 11 is 0. The van der Waals surface area contributed by atoms with E-state index in [4.69, 9.17) is 14.2 Å². The molecule has 2 N–H and O–H groups in total. The molecule has 0 unspecified atom stereocenters. The second kappa shape index (κ2) is 10.2. The second-order valence-corrected chi connectivity index (χ2v) is 5.61. The van der Waals surface area contributed by atoms with Gasteiger partial charge in [-0.25, -0.2) is 0 Å². The Morgan fingerprint density at radius 2 is 1.58 bits per heavy atom. The van der Waals surface area contributed by atoms with Crippen LogP contribution in [0.2, 0.25) is 0 Å². The molecule has 0 saturated carbocycles. The number of hydrogen-bond donors (Lipinski definition) is 2. The van der Waals surface area contributed by atoms with Gasteiger partial charge in [0.2, 0.25) is 0 Å². The topological polar surface area (TPSA) is 69.0 Å². The molecule has 0 amide bonds. The van der Waals surface area contributed by atoms with Gasteiger partial charge in [-0.05, 0) is 18.6 Å². The van der Waals surface area contributed by atoms with Crippen LogP contribution in [0.4, 0.5) is 0 Å². The molecule has 0 saturated heterocycles. The summed E-state index contributed by atoms with van der Waals surface area (Å²) in [5.41, 5.74) is 0.992. The van der Waals surface area contributed by atoms with Gasteiger partial charge in [0.15, 0.2) is 5.96 Å². The largest absolute Gasteiger partial charge is 0.496 e. The zero-order valence-electron chi connectivity index (χ0n) is 15.9. The first-order valence-corrected chi connectivity index (χ1v) is 8.56. The number of aromatic nitrogens is 1. The van der Waals surface area contributed by atoms with Gasteiger partial charge < -0.3 is 29.4 Å². The fourth-order valence-corrected chi connectivity index (χ4v) is 2.67. The molecule has 0 atom stereocenters. The summed E-state index contributed by atoms with van der Waals surface area (Å²) < 4.78 is 18.4. The smallest absolute Gasteiger partial charge is 0.191 e. The van der Waals surface area contributed by atoms with E-state index in [1.54, 1.807) is 28.4 Å². The average molecular weight is 360 g/mol. The molecule has 0 aliphatic rings. The lowest BCUT2D eigenvalue weighted by molar-refractivity contribution is 0.368. The Morgan fingerprint density at radius 3 is 2.12 bits per heavy atom. The van der Waals surface area contributed by atoms with Crippen LogP contribution in [-0.2, 0) is 13.0 Å². The first kappa shape index (κ1) is 19.5. The molecular weight excluding hydrogens is 332 g/mol. The van der Waals surface area contributed by atoms with Crippen LogP contribution in [0.3, 0.4) is 0 Å². The molecule has 0 spiro atoms. The van der Waals surface area contributed by atoms with E-state index in [1.807, 2.05) is 36.7 Å². The minimum atomic E-state index is 0.697. The van der Waals surface area contributed by atoms with E-state index in [-0.39, 0.29) is 0 Å². The van der Waals surface area contributed by atoms with E-state index in [1.165, 1.54) is 0 Å². The third-order valence-electron chi connectivity index (χ3n) is 4.04. The maximum atomic E-state index is 5.48. The highest BCUT2D eigenvalue weighted by atomic mass is 16.5. The quantitative estimate of drug-likeness (QED) is 0.528. The second-order valence-electron chi connectivity index (χ2n) is 5.61. The number of methoxy groups -OCH3 is 3. The number of aliphatic imine (C=N–C) groups is 1. The van der Waals surface area contributed by atoms with Gasteiger partial charge in [-0.1, -0.05) is 0 Å². The molecule has 142 valence electrons. The monoisotopic (exact) mass is 360 g/mol. The van der Waals surface area contributed by atoms with Crippen LogP contribution in [-0.4, -0.2) is 52.0 Å². The van der Waals surface area contributed by atoms with E-state index in [9.17, 15) is 0 Å². The lowest BCUT2D eigenvalue weighted by atomic mass is 10.1. The summed E-state index contributed by atoms with van der Waals surface area (Å²) in [4.78, 5) is 4.25. The van der Waals surface area contributed by atoms with Crippen molar-refractivity contribution in [2.75, 3.05) is 41.5 Å². The first-order chi connectivity index (χ1) is 12.7. The summed E-state index contributed by atoms with van der Waals surface area (Å²) in [7, 11) is 6.68. The minimum absolute atomic E-state index is 0.697. The SMILES string of the molecule is CN=C(NCCc1c(OC)cc(OC)cc1OC)NCCn1cccc1. The molecule has 0 fully saturated rings. The van der Waals surface area contributed by atoms with Crippen LogP contribution >= 0.6 is 0 Å². The Labute approximate surface area is 155 Å². The Hall–Kier alpha value is -2.83. The van der Waals surface area contributed by atoms with Crippen LogP contribution in [0.5, 0.6) is 17.2 Å². The number of guanidine groups is 1. The Morgan fingerprint density at radius 1 is 0.962 bits per heavy atom. The number of rotatable bonds is 9. The van der Waals surface area contributed by atoms with Crippen molar-refractivity contribution >= 4 is 5.96 Å². The van der Waals surface area contributed by atoms with E-state index in [0.717, 1.165) is 42.5 Å². The predicted molar refractivity (Wildman–Crippen MR) is 104 cm³/mol. The molecule has 7 nitrogen and oxygen atoms in total. The van der Waals surface area contributed by atoms with E-state index in [0.29, 0.717) is 12.3 Å². The third-order valence-corrected chi connectivity index (χ3v) is 4.04. The van der Waals surface area contributed by atoms with Crippen molar-refractivity contribution in [3.8, 4) is 17.2 Å². The van der Waals surface area contributed by atoms with Crippen LogP contribution in [0.1, 0.15) is 5.56 Å². The van der Waals surface area contributed by atoms with Crippen LogP contribution in [0.15, 0.2) is 41.7 Å². The summed E-state index contributed by atoms with van der Waals surface area (Å²) in [5, 5.41) is 6.62. The lowest BCUT2D eigenvalue weighted by Gasteiger charge is -2.16. The van der Waals surface area contributed by atoms with Crippen molar-refractivity contribution in [1.29, 1.82) is 0 Å². The van der Waals surface area contributed by atoms with Crippen LogP contribution in [0.25, 0.3) is 0 Å². The number of nitrogens with zero attached hydrogens (tertiary/aromatic N) is 2. The zero-order chi connectivity index (χ0) is 18.8. The van der Waals surface area contributed by atoms with Crippen molar-refractivity contribution in [3.63, 3.8) is 0 Å². The highest BCUT2D eigenvalue weighted by Crippen LogP contribution is 2.34. The van der Waals surface area contributed by atoms with Gasteiger partial charge in [-0.2, -0.15) is 0 Å². The molecule has 0 bridgehead atoms. The summed E-state index contributed by atoms with van der Waals surface area (Å²) in [5.74, 6) is 2.97. The fraction of sp³-hybridized carbons (Fsp3) is 0.421. The molecular formula is C19H28N4O3. The van der Waals surface area contributed by atoms with Crippen molar-refractivity contribution in [3.05, 3.63) is 42.2 Å². The molecule has 7 heteroatoms. The van der Waals surface area contributed by atoms with E-state index >= 15 is 0 Å². The van der Waals surface area contributed by atoms with E-state index < -0.39 is 0 Å². The van der Waals surface area contributed by atoms with Gasteiger partial charge in [0, 0.05) is 56.8 Å². The summed E-state index contributed by atoms with van der Waals surface area (Å²) in [6, 6.07) is 7.76. The third kappa shape index (κ3) is 5.34. The first-order valence-electron chi connectivity index (χ1n) is 8.56. The van der Waals surface area contributed by atoms with Gasteiger partial charge in [0.25, 0.3) is 0 Å². The number of nitrogens with one attached hydrogen (secondary N) is 2. The molecule has 2 aromatic rings. The Bertz CT molecular complexity index is 674. The zero-order valence-corrected chi connectivity index (χ0v) is 15.9. The van der Waals surface area contributed by atoms with Gasteiger partial charge in [0.1, 0.15) is 17.2 Å². The molecule has 2 rings (SSSR count). The highest BCUT2D eigenvalue weighted by molar-refractivity contribution is 5.79. The molecule has 26 heavy (non-hydrogen) atoms. The normalized spacial score (nSPS) is 11.2. The molecule has 0 radical (unpaired) electrons. The minimum Gasteiger partial charge on any atom is -0.496 e. The van der Waals surface area contributed by atoms with E-state index in [2.05, 4.69) is 20.2 Å². The van der Waals surface area contributed by atoms with Crippen molar-refractivity contribution in [2.24, 2.45) is 4.99 Å². The molecule has 1 aromatic heterocycles. The molecule has 1 aromatic carbocycles. The summed E-state index contributed by atoms with van der Waals surface area (Å²) in [6.45, 7) is 2.37. The Kier molecular flexibility index (Phi) is 7.67. The Balaban J connectivity index is 1.89. The predicted octanol–water partition coefficient (Wildman–Crippen LogP) is 1.92. The molecule has 0 aliphatic heterocycles. The lowest BCUT2D eigenvalue weighted by Crippen LogP contribution is -2.39. The van der Waals surface area contributed by atoms with Crippen molar-refractivity contribution < 1.29 is 14.2 Å². The maximum Gasteiger partial charge on any atom is 0.191 e. The summed E-state index contributed by atoms with van der Waals surface area (Å²) in [6.07, 6.45) is 4.81. The number of ether oxygens (including phenoxy) is 3.